The molecule has 0 bridgehead atoms. The number of ether oxygens (including phenoxy) is 2. The molecule has 0 radical (unpaired) electrons. The van der Waals surface area contributed by atoms with Gasteiger partial charge in [-0.15, -0.1) is 5.10 Å². The summed E-state index contributed by atoms with van der Waals surface area (Å²) in [6.45, 7) is -0.488. The van der Waals surface area contributed by atoms with Gasteiger partial charge in [0.1, 0.15) is 5.75 Å². The number of anilines is 1. The molecule has 0 unspecified atom stereocenters. The Bertz CT molecular complexity index is 982. The number of carbonyl (C=O) groups is 2. The van der Waals surface area contributed by atoms with Gasteiger partial charge in [-0.25, -0.2) is 4.79 Å². The van der Waals surface area contributed by atoms with E-state index in [-0.39, 0.29) is 11.9 Å². The van der Waals surface area contributed by atoms with Crippen molar-refractivity contribution in [1.29, 1.82) is 0 Å². The van der Waals surface area contributed by atoms with Gasteiger partial charge in [-0.1, -0.05) is 41.5 Å². The molecule has 3 aromatic rings. The summed E-state index contributed by atoms with van der Waals surface area (Å²) in [5, 5.41) is 9.97. The van der Waals surface area contributed by atoms with Crippen LogP contribution in [0.1, 0.15) is 5.56 Å². The first-order chi connectivity index (χ1) is 13.7. The Morgan fingerprint density at radius 1 is 1.07 bits per heavy atom. The minimum atomic E-state index is -0.670. The van der Waals surface area contributed by atoms with Crippen LogP contribution in [-0.2, 0) is 14.3 Å². The zero-order valence-corrected chi connectivity index (χ0v) is 15.0. The Morgan fingerprint density at radius 3 is 2.61 bits per heavy atom. The summed E-state index contributed by atoms with van der Waals surface area (Å²) in [7, 11) is 1.54. The van der Waals surface area contributed by atoms with Gasteiger partial charge in [-0.2, -0.15) is 0 Å². The molecule has 0 spiro atoms. The monoisotopic (exact) mass is 379 g/mol. The summed E-state index contributed by atoms with van der Waals surface area (Å²) in [4.78, 5) is 23.7. The lowest BCUT2D eigenvalue weighted by Gasteiger charge is -2.03. The fraction of sp³-hybridized carbons (Fsp3) is 0.100. The minimum absolute atomic E-state index is 0.0792. The van der Waals surface area contributed by atoms with Gasteiger partial charge < -0.3 is 13.9 Å². The van der Waals surface area contributed by atoms with Crippen LogP contribution in [0.5, 0.6) is 5.75 Å². The van der Waals surface area contributed by atoms with E-state index in [2.05, 4.69) is 15.5 Å². The average Bonchev–Trinajstić information content (AvgIpc) is 3.20. The third-order valence-corrected chi connectivity index (χ3v) is 3.58. The molecular weight excluding hydrogens is 362 g/mol. The highest BCUT2D eigenvalue weighted by Crippen LogP contribution is 2.19. The number of methoxy groups -OCH3 is 1. The number of nitrogens with zero attached hydrogens (tertiary/aromatic N) is 2. The lowest BCUT2D eigenvalue weighted by molar-refractivity contribution is -0.142. The van der Waals surface area contributed by atoms with Gasteiger partial charge in [0.2, 0.25) is 5.89 Å². The smallest absolute Gasteiger partial charge is 0.331 e. The van der Waals surface area contributed by atoms with E-state index in [0.717, 1.165) is 5.56 Å². The normalized spacial score (nSPS) is 10.6. The van der Waals surface area contributed by atoms with Crippen LogP contribution < -0.4 is 10.1 Å². The second-order valence-corrected chi connectivity index (χ2v) is 5.51. The predicted molar refractivity (Wildman–Crippen MR) is 101 cm³/mol. The van der Waals surface area contributed by atoms with Crippen molar-refractivity contribution in [3.05, 3.63) is 66.2 Å². The molecule has 0 atom stereocenters. The third kappa shape index (κ3) is 5.04. The van der Waals surface area contributed by atoms with Crippen molar-refractivity contribution in [2.75, 3.05) is 19.0 Å². The molecule has 1 amide bonds. The summed E-state index contributed by atoms with van der Waals surface area (Å²) in [6.07, 6.45) is 2.76. The molecule has 2 aromatic carbocycles. The van der Waals surface area contributed by atoms with Crippen LogP contribution in [-0.4, -0.2) is 35.8 Å². The number of para-hydroxylation sites is 1. The van der Waals surface area contributed by atoms with E-state index in [4.69, 9.17) is 13.9 Å². The molecule has 0 aliphatic heterocycles. The number of rotatable bonds is 7. The SMILES string of the molecule is COc1ccccc1/C=C/C(=O)OCC(=O)Nc1nnc(-c2ccccc2)o1. The molecule has 0 aliphatic carbocycles. The zero-order chi connectivity index (χ0) is 19.8. The zero-order valence-electron chi connectivity index (χ0n) is 15.0. The summed E-state index contributed by atoms with van der Waals surface area (Å²) < 4.78 is 15.4. The number of nitrogens with one attached hydrogen (secondary N) is 1. The summed E-state index contributed by atoms with van der Waals surface area (Å²) >= 11 is 0. The van der Waals surface area contributed by atoms with Crippen LogP contribution in [0.15, 0.2) is 65.1 Å². The van der Waals surface area contributed by atoms with E-state index in [0.29, 0.717) is 11.3 Å². The van der Waals surface area contributed by atoms with Crippen LogP contribution in [0, 0.1) is 0 Å². The fourth-order valence-corrected chi connectivity index (χ4v) is 2.27. The van der Waals surface area contributed by atoms with Crippen molar-refractivity contribution >= 4 is 24.0 Å². The number of benzene rings is 2. The summed E-state index contributed by atoms with van der Waals surface area (Å²) in [6, 6.07) is 16.2. The topological polar surface area (TPSA) is 104 Å². The highest BCUT2D eigenvalue weighted by molar-refractivity contribution is 5.93. The fourth-order valence-electron chi connectivity index (χ4n) is 2.27. The maximum Gasteiger partial charge on any atom is 0.331 e. The lowest BCUT2D eigenvalue weighted by Crippen LogP contribution is -2.20. The Labute approximate surface area is 160 Å². The molecular formula is C20H17N3O5. The number of hydrogen-bond donors (Lipinski definition) is 1. The molecule has 3 rings (SSSR count). The molecule has 142 valence electrons. The third-order valence-electron chi connectivity index (χ3n) is 3.58. The minimum Gasteiger partial charge on any atom is -0.496 e. The van der Waals surface area contributed by atoms with Gasteiger partial charge in [0.15, 0.2) is 6.61 Å². The van der Waals surface area contributed by atoms with E-state index in [1.165, 1.54) is 13.2 Å². The number of aromatic nitrogens is 2. The second kappa shape index (κ2) is 9.13. The second-order valence-electron chi connectivity index (χ2n) is 5.51. The first-order valence-electron chi connectivity index (χ1n) is 8.32. The highest BCUT2D eigenvalue weighted by atomic mass is 16.5. The molecule has 1 aromatic heterocycles. The first-order valence-corrected chi connectivity index (χ1v) is 8.32. The van der Waals surface area contributed by atoms with Gasteiger partial charge in [0.25, 0.3) is 5.91 Å². The standard InChI is InChI=1S/C20H17N3O5/c1-26-16-10-6-5-7-14(16)11-12-18(25)27-13-17(24)21-20-23-22-19(28-20)15-8-3-2-4-9-15/h2-12H,13H2,1H3,(H,21,23,24)/b12-11+. The van der Waals surface area contributed by atoms with E-state index >= 15 is 0 Å². The van der Waals surface area contributed by atoms with Gasteiger partial charge in [-0.05, 0) is 24.3 Å². The van der Waals surface area contributed by atoms with Crippen LogP contribution in [0.4, 0.5) is 6.01 Å². The average molecular weight is 379 g/mol. The largest absolute Gasteiger partial charge is 0.496 e. The van der Waals surface area contributed by atoms with Gasteiger partial charge in [0.05, 0.1) is 7.11 Å². The molecule has 1 N–H and O–H groups in total. The quantitative estimate of drug-likeness (QED) is 0.497. The van der Waals surface area contributed by atoms with Crippen molar-refractivity contribution in [3.63, 3.8) is 0 Å². The van der Waals surface area contributed by atoms with E-state index in [1.807, 2.05) is 30.3 Å². The molecule has 0 fully saturated rings. The molecule has 0 aliphatic rings. The summed E-state index contributed by atoms with van der Waals surface area (Å²) in [5.74, 6) is -0.374. The Hall–Kier alpha value is -3.94. The van der Waals surface area contributed by atoms with Crippen LogP contribution in [0.25, 0.3) is 17.5 Å². The van der Waals surface area contributed by atoms with Crippen LogP contribution in [0.3, 0.4) is 0 Å². The van der Waals surface area contributed by atoms with Crippen molar-refractivity contribution in [2.45, 2.75) is 0 Å². The number of hydrogen-bond acceptors (Lipinski definition) is 7. The molecule has 28 heavy (non-hydrogen) atoms. The van der Waals surface area contributed by atoms with E-state index < -0.39 is 18.5 Å². The van der Waals surface area contributed by atoms with Crippen molar-refractivity contribution in [3.8, 4) is 17.2 Å². The number of esters is 1. The predicted octanol–water partition coefficient (Wildman–Crippen LogP) is 2.94. The molecule has 8 heteroatoms. The molecule has 0 saturated heterocycles. The highest BCUT2D eigenvalue weighted by Gasteiger charge is 2.12. The first kappa shape index (κ1) is 18.8. The Balaban J connectivity index is 1.50. The van der Waals surface area contributed by atoms with Crippen LogP contribution in [0.2, 0.25) is 0 Å². The van der Waals surface area contributed by atoms with E-state index in [9.17, 15) is 9.59 Å². The van der Waals surface area contributed by atoms with Crippen molar-refractivity contribution in [1.82, 2.24) is 10.2 Å². The van der Waals surface area contributed by atoms with Crippen molar-refractivity contribution < 1.29 is 23.5 Å². The van der Waals surface area contributed by atoms with Gasteiger partial charge in [0, 0.05) is 17.2 Å². The molecule has 8 nitrogen and oxygen atoms in total. The molecule has 0 saturated carbocycles. The Morgan fingerprint density at radius 2 is 1.82 bits per heavy atom. The number of carbonyl (C=O) groups excluding carboxylic acids is 2. The Kier molecular flexibility index (Phi) is 6.14. The summed E-state index contributed by atoms with van der Waals surface area (Å²) in [5.41, 5.74) is 1.44. The number of amides is 1. The van der Waals surface area contributed by atoms with Crippen LogP contribution >= 0.6 is 0 Å². The lowest BCUT2D eigenvalue weighted by atomic mass is 10.2. The van der Waals surface area contributed by atoms with Gasteiger partial charge >= 0.3 is 12.0 Å². The maximum absolute atomic E-state index is 11.9. The van der Waals surface area contributed by atoms with E-state index in [1.54, 1.807) is 30.3 Å². The maximum atomic E-state index is 11.9. The van der Waals surface area contributed by atoms with Gasteiger partial charge in [-0.3, -0.25) is 10.1 Å². The molecule has 1 heterocycles. The van der Waals surface area contributed by atoms with Crippen molar-refractivity contribution in [2.24, 2.45) is 0 Å².